The fourth-order valence-electron chi connectivity index (χ4n) is 2.30. The molecule has 0 aliphatic heterocycles. The van der Waals surface area contributed by atoms with Crippen LogP contribution in [-0.2, 0) is 6.54 Å². The standard InChI is InChI=1S/C10H6Cl2N4S2.C6H11N.C2H6/c11-5-4-18-8-7(5)15-10(12)16-9(8)14-3-6-13-1-2-17-6;7-6-4-2-1-3-5-6;1-2/h1-2,4H,3H2,(H,14,15,16);1-2,6H,3-5,7H2;1-2H3. The maximum atomic E-state index is 6.04. The molecule has 5 nitrogen and oxygen atoms in total. The second-order valence-electron chi connectivity index (χ2n) is 5.43. The Balaban J connectivity index is 0.000000244. The lowest BCUT2D eigenvalue weighted by molar-refractivity contribution is 0.606. The summed E-state index contributed by atoms with van der Waals surface area (Å²) in [5, 5.41) is 8.73. The first-order valence-corrected chi connectivity index (χ1v) is 11.3. The molecule has 1 unspecified atom stereocenters. The Bertz CT molecular complexity index is 849. The van der Waals surface area contributed by atoms with E-state index in [0.29, 0.717) is 28.9 Å². The van der Waals surface area contributed by atoms with Crippen LogP contribution in [0.2, 0.25) is 10.3 Å². The second kappa shape index (κ2) is 11.6. The molecule has 146 valence electrons. The quantitative estimate of drug-likeness (QED) is 0.374. The Kier molecular flexibility index (Phi) is 9.44. The van der Waals surface area contributed by atoms with Crippen molar-refractivity contribution >= 4 is 61.9 Å². The highest BCUT2D eigenvalue weighted by Crippen LogP contribution is 2.33. The molecule has 3 aromatic rings. The minimum absolute atomic E-state index is 0.185. The van der Waals surface area contributed by atoms with Gasteiger partial charge in [-0.2, -0.15) is 4.98 Å². The largest absolute Gasteiger partial charge is 0.362 e. The van der Waals surface area contributed by atoms with Gasteiger partial charge in [-0.15, -0.1) is 22.7 Å². The van der Waals surface area contributed by atoms with E-state index in [4.69, 9.17) is 28.9 Å². The first-order chi connectivity index (χ1) is 13.1. The summed E-state index contributed by atoms with van der Waals surface area (Å²) >= 11 is 15.0. The molecular weight excluding hydrogens is 421 g/mol. The van der Waals surface area contributed by atoms with Crippen molar-refractivity contribution in [2.75, 3.05) is 5.32 Å². The van der Waals surface area contributed by atoms with Crippen LogP contribution in [0.3, 0.4) is 0 Å². The van der Waals surface area contributed by atoms with Crippen molar-refractivity contribution in [2.45, 2.75) is 45.7 Å². The van der Waals surface area contributed by atoms with Crippen molar-refractivity contribution in [3.05, 3.63) is 44.4 Å². The summed E-state index contributed by atoms with van der Waals surface area (Å²) in [6, 6.07) is 0.449. The lowest BCUT2D eigenvalue weighted by Gasteiger charge is -2.09. The highest BCUT2D eigenvalue weighted by molar-refractivity contribution is 7.18. The molecule has 0 saturated carbocycles. The average Bonchev–Trinajstić information content (AvgIpc) is 3.33. The normalized spacial score (nSPS) is 15.5. The van der Waals surface area contributed by atoms with Gasteiger partial charge in [0.15, 0.2) is 0 Å². The molecule has 1 aliphatic rings. The van der Waals surface area contributed by atoms with Crippen molar-refractivity contribution in [1.29, 1.82) is 0 Å². The number of halogens is 2. The van der Waals surface area contributed by atoms with E-state index in [1.165, 1.54) is 24.2 Å². The van der Waals surface area contributed by atoms with Crippen LogP contribution in [0.4, 0.5) is 5.82 Å². The first kappa shape index (κ1) is 22.0. The molecule has 3 heterocycles. The molecule has 1 aliphatic carbocycles. The summed E-state index contributed by atoms with van der Waals surface area (Å²) < 4.78 is 0.904. The lowest BCUT2D eigenvalue weighted by Crippen LogP contribution is -2.19. The number of fused-ring (bicyclic) bond motifs is 1. The summed E-state index contributed by atoms with van der Waals surface area (Å²) in [5.74, 6) is 0.692. The van der Waals surface area contributed by atoms with Crippen molar-refractivity contribution < 1.29 is 0 Å². The number of thiophene rings is 1. The Labute approximate surface area is 177 Å². The molecule has 0 bridgehead atoms. The van der Waals surface area contributed by atoms with Crippen LogP contribution in [0.1, 0.15) is 38.1 Å². The topological polar surface area (TPSA) is 76.7 Å². The van der Waals surface area contributed by atoms with Gasteiger partial charge in [0.2, 0.25) is 5.28 Å². The van der Waals surface area contributed by atoms with E-state index in [-0.39, 0.29) is 5.28 Å². The number of nitrogens with zero attached hydrogens (tertiary/aromatic N) is 3. The highest BCUT2D eigenvalue weighted by Gasteiger charge is 2.11. The molecule has 3 aromatic heterocycles. The summed E-state index contributed by atoms with van der Waals surface area (Å²) in [7, 11) is 0. The molecule has 1 atom stereocenters. The fourth-order valence-corrected chi connectivity index (χ4v) is 4.18. The maximum absolute atomic E-state index is 6.04. The highest BCUT2D eigenvalue weighted by atomic mass is 35.5. The molecule has 9 heteroatoms. The summed E-state index contributed by atoms with van der Waals surface area (Å²) in [4.78, 5) is 12.5. The number of hydrogen-bond acceptors (Lipinski definition) is 7. The Morgan fingerprint density at radius 2 is 2.04 bits per heavy atom. The smallest absolute Gasteiger partial charge is 0.225 e. The van der Waals surface area contributed by atoms with Gasteiger partial charge in [0.1, 0.15) is 16.3 Å². The van der Waals surface area contributed by atoms with Gasteiger partial charge in [-0.1, -0.05) is 37.6 Å². The van der Waals surface area contributed by atoms with E-state index in [1.54, 1.807) is 17.5 Å². The molecule has 0 fully saturated rings. The van der Waals surface area contributed by atoms with Crippen LogP contribution in [0.25, 0.3) is 10.2 Å². The average molecular weight is 444 g/mol. The van der Waals surface area contributed by atoms with Gasteiger partial charge in [0.25, 0.3) is 0 Å². The number of thiazole rings is 1. The number of anilines is 1. The number of nitrogens with two attached hydrogens (primary N) is 1. The second-order valence-corrected chi connectivity index (χ2v) is 8.03. The third-order valence-corrected chi connectivity index (χ3v) is 5.89. The predicted octanol–water partition coefficient (Wildman–Crippen LogP) is 6.15. The van der Waals surface area contributed by atoms with Gasteiger partial charge in [0, 0.05) is 23.0 Å². The number of rotatable bonds is 3. The monoisotopic (exact) mass is 443 g/mol. The van der Waals surface area contributed by atoms with Crippen molar-refractivity contribution in [3.8, 4) is 0 Å². The van der Waals surface area contributed by atoms with Gasteiger partial charge in [-0.05, 0) is 30.9 Å². The summed E-state index contributed by atoms with van der Waals surface area (Å²) in [6.07, 6.45) is 9.57. The molecule has 0 spiro atoms. The lowest BCUT2D eigenvalue weighted by atomic mass is 10.0. The zero-order chi connectivity index (χ0) is 19.6. The van der Waals surface area contributed by atoms with E-state index >= 15 is 0 Å². The van der Waals surface area contributed by atoms with Crippen LogP contribution < -0.4 is 11.1 Å². The molecule has 0 amide bonds. The van der Waals surface area contributed by atoms with Gasteiger partial charge >= 0.3 is 0 Å². The third kappa shape index (κ3) is 6.69. The van der Waals surface area contributed by atoms with E-state index in [0.717, 1.165) is 16.1 Å². The van der Waals surface area contributed by atoms with Crippen LogP contribution in [0.15, 0.2) is 29.1 Å². The molecule has 0 saturated heterocycles. The van der Waals surface area contributed by atoms with Crippen LogP contribution in [-0.4, -0.2) is 21.0 Å². The van der Waals surface area contributed by atoms with Crippen LogP contribution >= 0.6 is 45.9 Å². The Hall–Kier alpha value is -1.25. The Morgan fingerprint density at radius 3 is 2.63 bits per heavy atom. The van der Waals surface area contributed by atoms with E-state index < -0.39 is 0 Å². The predicted molar refractivity (Wildman–Crippen MR) is 119 cm³/mol. The van der Waals surface area contributed by atoms with Crippen molar-refractivity contribution in [2.24, 2.45) is 5.73 Å². The van der Waals surface area contributed by atoms with Crippen LogP contribution in [0, 0.1) is 0 Å². The van der Waals surface area contributed by atoms with Gasteiger partial charge in [-0.25, -0.2) is 9.97 Å². The number of aromatic nitrogens is 3. The minimum atomic E-state index is 0.185. The summed E-state index contributed by atoms with van der Waals surface area (Å²) in [6.45, 7) is 4.61. The zero-order valence-corrected chi connectivity index (χ0v) is 18.4. The van der Waals surface area contributed by atoms with Gasteiger partial charge in [0.05, 0.1) is 16.3 Å². The Morgan fingerprint density at radius 1 is 1.22 bits per heavy atom. The molecule has 0 aromatic carbocycles. The van der Waals surface area contributed by atoms with Gasteiger partial charge < -0.3 is 11.1 Å². The molecule has 4 rings (SSSR count). The summed E-state index contributed by atoms with van der Waals surface area (Å²) in [5.41, 5.74) is 6.27. The molecule has 27 heavy (non-hydrogen) atoms. The fraction of sp³-hybridized carbons (Fsp3) is 0.389. The maximum Gasteiger partial charge on any atom is 0.225 e. The van der Waals surface area contributed by atoms with Crippen molar-refractivity contribution in [1.82, 2.24) is 15.0 Å². The molecule has 0 radical (unpaired) electrons. The zero-order valence-electron chi connectivity index (χ0n) is 15.3. The first-order valence-electron chi connectivity index (χ1n) is 8.76. The van der Waals surface area contributed by atoms with Crippen LogP contribution in [0.5, 0.6) is 0 Å². The van der Waals surface area contributed by atoms with E-state index in [1.807, 2.05) is 24.6 Å². The van der Waals surface area contributed by atoms with E-state index in [9.17, 15) is 0 Å². The molecule has 3 N–H and O–H groups in total. The van der Waals surface area contributed by atoms with Crippen molar-refractivity contribution in [3.63, 3.8) is 0 Å². The minimum Gasteiger partial charge on any atom is -0.362 e. The number of nitrogens with one attached hydrogen (secondary N) is 1. The van der Waals surface area contributed by atoms with Gasteiger partial charge in [-0.3, -0.25) is 0 Å². The SMILES string of the molecule is CC.Clc1nc(NCc2nccs2)c2scc(Cl)c2n1.NC1CC=CCC1. The number of hydrogen-bond donors (Lipinski definition) is 2. The third-order valence-electron chi connectivity index (χ3n) is 3.54. The van der Waals surface area contributed by atoms with E-state index in [2.05, 4.69) is 32.4 Å². The molecular formula is C18H23Cl2N5S2. The number of allylic oxidation sites excluding steroid dienone is 1.